The fraction of sp³-hybridized carbons (Fsp3) is 0.129. The second-order valence-electron chi connectivity index (χ2n) is 8.97. The molecule has 0 spiro atoms. The lowest BCUT2D eigenvalue weighted by Crippen LogP contribution is -2.28. The van der Waals surface area contributed by atoms with Gasteiger partial charge in [0.1, 0.15) is 5.75 Å². The normalized spacial score (nSPS) is 15.2. The molecule has 1 amide bonds. The highest BCUT2D eigenvalue weighted by molar-refractivity contribution is 7.99. The van der Waals surface area contributed by atoms with Gasteiger partial charge in [-0.2, -0.15) is 5.10 Å². The van der Waals surface area contributed by atoms with E-state index in [1.807, 2.05) is 72.8 Å². The number of aromatic nitrogens is 1. The van der Waals surface area contributed by atoms with Gasteiger partial charge in [-0.1, -0.05) is 84.6 Å². The van der Waals surface area contributed by atoms with Gasteiger partial charge >= 0.3 is 0 Å². The van der Waals surface area contributed by atoms with Gasteiger partial charge in [-0.3, -0.25) is 4.79 Å². The molecule has 1 atom stereocenters. The molecule has 0 bridgehead atoms. The number of ether oxygens (including phenoxy) is 1. The molecule has 2 heterocycles. The van der Waals surface area contributed by atoms with Crippen LogP contribution in [0.5, 0.6) is 5.75 Å². The van der Waals surface area contributed by atoms with Gasteiger partial charge in [0, 0.05) is 11.8 Å². The van der Waals surface area contributed by atoms with E-state index in [2.05, 4.69) is 30.3 Å². The third kappa shape index (κ3) is 4.80. The van der Waals surface area contributed by atoms with Crippen molar-refractivity contribution in [3.8, 4) is 5.75 Å². The Hall–Kier alpha value is -4.16. The Morgan fingerprint density at radius 1 is 0.892 bits per heavy atom. The zero-order valence-electron chi connectivity index (χ0n) is 20.4. The Bertz CT molecular complexity index is 1630. The Morgan fingerprint density at radius 2 is 1.62 bits per heavy atom. The first-order valence-electron chi connectivity index (χ1n) is 12.2. The molecule has 4 aromatic carbocycles. The lowest BCUT2D eigenvalue weighted by atomic mass is 9.97. The van der Waals surface area contributed by atoms with Gasteiger partial charge in [-0.05, 0) is 52.2 Å². The van der Waals surface area contributed by atoms with Crippen molar-refractivity contribution in [2.75, 3.05) is 12.9 Å². The summed E-state index contributed by atoms with van der Waals surface area (Å²) in [6.45, 7) is 0. The van der Waals surface area contributed by atoms with Crippen LogP contribution >= 0.6 is 11.8 Å². The number of pyridine rings is 1. The Labute approximate surface area is 219 Å². The van der Waals surface area contributed by atoms with E-state index in [4.69, 9.17) is 14.8 Å². The van der Waals surface area contributed by atoms with Crippen molar-refractivity contribution >= 4 is 45.1 Å². The fourth-order valence-electron chi connectivity index (χ4n) is 4.70. The van der Waals surface area contributed by atoms with Crippen LogP contribution < -0.4 is 4.74 Å². The molecule has 0 saturated carbocycles. The predicted octanol–water partition coefficient (Wildman–Crippen LogP) is 6.87. The summed E-state index contributed by atoms with van der Waals surface area (Å²) < 4.78 is 5.34. The maximum atomic E-state index is 13.5. The fourth-order valence-corrected chi connectivity index (χ4v) is 5.43. The predicted molar refractivity (Wildman–Crippen MR) is 150 cm³/mol. The summed E-state index contributed by atoms with van der Waals surface area (Å²) in [4.78, 5) is 18.2. The monoisotopic (exact) mass is 503 g/mol. The molecule has 0 fully saturated rings. The Morgan fingerprint density at radius 3 is 2.43 bits per heavy atom. The van der Waals surface area contributed by atoms with Crippen LogP contribution in [-0.2, 0) is 4.79 Å². The molecule has 0 aliphatic carbocycles. The zero-order chi connectivity index (χ0) is 25.2. The van der Waals surface area contributed by atoms with Gasteiger partial charge < -0.3 is 4.74 Å². The highest BCUT2D eigenvalue weighted by Crippen LogP contribution is 2.35. The first-order valence-corrected chi connectivity index (χ1v) is 13.2. The number of thioether (sulfide) groups is 1. The Kier molecular flexibility index (Phi) is 6.33. The van der Waals surface area contributed by atoms with Gasteiger partial charge in [0.15, 0.2) is 0 Å². The minimum atomic E-state index is -0.176. The van der Waals surface area contributed by atoms with Crippen LogP contribution in [0.2, 0.25) is 0 Å². The molecule has 182 valence electrons. The third-order valence-electron chi connectivity index (χ3n) is 6.67. The second kappa shape index (κ2) is 10.1. The van der Waals surface area contributed by atoms with Crippen molar-refractivity contribution in [1.82, 2.24) is 9.99 Å². The van der Waals surface area contributed by atoms with Crippen molar-refractivity contribution in [3.63, 3.8) is 0 Å². The number of amides is 1. The molecule has 6 heteroatoms. The number of fused-ring (bicyclic) bond motifs is 2. The van der Waals surface area contributed by atoms with Gasteiger partial charge in [0.05, 0.1) is 35.2 Å². The molecule has 5 aromatic rings. The van der Waals surface area contributed by atoms with Crippen LogP contribution in [0.3, 0.4) is 0 Å². The minimum absolute atomic E-state index is 0.0448. The summed E-state index contributed by atoms with van der Waals surface area (Å²) in [5, 5.41) is 10.8. The number of rotatable bonds is 6. The summed E-state index contributed by atoms with van der Waals surface area (Å²) in [6, 6.07) is 34.4. The number of nitrogens with zero attached hydrogens (tertiary/aromatic N) is 3. The zero-order valence-corrected chi connectivity index (χ0v) is 21.2. The first kappa shape index (κ1) is 23.3. The van der Waals surface area contributed by atoms with Crippen molar-refractivity contribution in [1.29, 1.82) is 0 Å². The van der Waals surface area contributed by atoms with Gasteiger partial charge in [0.2, 0.25) is 0 Å². The number of hydrogen-bond donors (Lipinski definition) is 0. The molecule has 1 aliphatic heterocycles. The molecular weight excluding hydrogens is 478 g/mol. The minimum Gasteiger partial charge on any atom is -0.497 e. The lowest BCUT2D eigenvalue weighted by Gasteiger charge is -2.22. The van der Waals surface area contributed by atoms with E-state index in [0.717, 1.165) is 43.9 Å². The van der Waals surface area contributed by atoms with Crippen molar-refractivity contribution in [2.24, 2.45) is 5.10 Å². The number of carbonyl (C=O) groups is 1. The summed E-state index contributed by atoms with van der Waals surface area (Å²) in [5.41, 5.74) is 3.90. The van der Waals surface area contributed by atoms with Crippen LogP contribution in [0.4, 0.5) is 0 Å². The van der Waals surface area contributed by atoms with E-state index in [1.54, 1.807) is 12.1 Å². The van der Waals surface area contributed by atoms with E-state index in [1.165, 1.54) is 17.1 Å². The van der Waals surface area contributed by atoms with Crippen LogP contribution in [-0.4, -0.2) is 34.5 Å². The van der Waals surface area contributed by atoms with E-state index in [-0.39, 0.29) is 17.7 Å². The number of methoxy groups -OCH3 is 1. The lowest BCUT2D eigenvalue weighted by molar-refractivity contribution is -0.130. The Balaban J connectivity index is 1.28. The van der Waals surface area contributed by atoms with Crippen LogP contribution in [0.25, 0.3) is 21.7 Å². The molecule has 1 aliphatic rings. The van der Waals surface area contributed by atoms with Crippen molar-refractivity contribution in [3.05, 3.63) is 114 Å². The van der Waals surface area contributed by atoms with Crippen molar-refractivity contribution < 1.29 is 9.53 Å². The van der Waals surface area contributed by atoms with E-state index in [0.29, 0.717) is 6.42 Å². The number of para-hydroxylation sites is 1. The average molecular weight is 504 g/mol. The highest BCUT2D eigenvalue weighted by atomic mass is 32.2. The van der Waals surface area contributed by atoms with E-state index >= 15 is 0 Å². The molecule has 1 unspecified atom stereocenters. The third-order valence-corrected chi connectivity index (χ3v) is 7.58. The summed E-state index contributed by atoms with van der Waals surface area (Å²) in [5.74, 6) is 0.997. The first-order chi connectivity index (χ1) is 18.2. The maximum Gasteiger partial charge on any atom is 0.253 e. The summed E-state index contributed by atoms with van der Waals surface area (Å²) in [6.07, 6.45) is 0.648. The summed E-state index contributed by atoms with van der Waals surface area (Å²) >= 11 is 1.44. The van der Waals surface area contributed by atoms with Crippen LogP contribution in [0.15, 0.2) is 113 Å². The smallest absolute Gasteiger partial charge is 0.253 e. The molecular formula is C31H25N3O2S. The molecule has 1 aromatic heterocycles. The number of hydrazone groups is 1. The van der Waals surface area contributed by atoms with Crippen LogP contribution in [0.1, 0.15) is 23.6 Å². The number of carbonyl (C=O) groups excluding carboxylic acids is 1. The quantitative estimate of drug-likeness (QED) is 0.237. The molecule has 0 radical (unpaired) electrons. The van der Waals surface area contributed by atoms with Gasteiger partial charge in [0.25, 0.3) is 5.91 Å². The standard InChI is InChI=1S/C31H25N3O2S/c1-36-26-15-12-23(13-16-26)29-19-28(25-11-10-21-6-2-3-8-24(21)18-25)33-34(29)31(35)20-37-30-17-14-22-7-4-5-9-27(22)32-30/h2-18,29H,19-20H2,1H3. The van der Waals surface area contributed by atoms with E-state index in [9.17, 15) is 4.79 Å². The molecule has 6 rings (SSSR count). The highest BCUT2D eigenvalue weighted by Gasteiger charge is 2.33. The second-order valence-corrected chi connectivity index (χ2v) is 9.97. The topological polar surface area (TPSA) is 54.8 Å². The van der Waals surface area contributed by atoms with Crippen molar-refractivity contribution in [2.45, 2.75) is 17.5 Å². The average Bonchev–Trinajstić information content (AvgIpc) is 3.41. The van der Waals surface area contributed by atoms with Crippen LogP contribution in [0, 0.1) is 0 Å². The molecule has 0 saturated heterocycles. The number of benzene rings is 4. The molecule has 37 heavy (non-hydrogen) atoms. The summed E-state index contributed by atoms with van der Waals surface area (Å²) in [7, 11) is 1.65. The van der Waals surface area contributed by atoms with Gasteiger partial charge in [-0.15, -0.1) is 0 Å². The maximum absolute atomic E-state index is 13.5. The number of hydrogen-bond acceptors (Lipinski definition) is 5. The van der Waals surface area contributed by atoms with Gasteiger partial charge in [-0.25, -0.2) is 9.99 Å². The van der Waals surface area contributed by atoms with E-state index < -0.39 is 0 Å². The molecule has 0 N–H and O–H groups in total. The largest absolute Gasteiger partial charge is 0.497 e. The SMILES string of the molecule is COc1ccc(C2CC(c3ccc4ccccc4c3)=NN2C(=O)CSc2ccc3ccccc3n2)cc1. The molecule has 5 nitrogen and oxygen atoms in total.